The van der Waals surface area contributed by atoms with E-state index in [9.17, 15) is 13.2 Å². The van der Waals surface area contributed by atoms with Crippen LogP contribution in [0.3, 0.4) is 0 Å². The van der Waals surface area contributed by atoms with Gasteiger partial charge in [-0.2, -0.15) is 5.10 Å². The highest BCUT2D eigenvalue weighted by atomic mass is 32.2. The molecule has 1 heterocycles. The lowest BCUT2D eigenvalue weighted by Gasteiger charge is -2.07. The molecule has 26 heavy (non-hydrogen) atoms. The minimum atomic E-state index is -3.27. The first-order valence-electron chi connectivity index (χ1n) is 7.90. The van der Waals surface area contributed by atoms with Crippen molar-refractivity contribution in [3.05, 3.63) is 71.4 Å². The number of aromatic amines is 1. The van der Waals surface area contributed by atoms with Crippen molar-refractivity contribution in [3.63, 3.8) is 0 Å². The van der Waals surface area contributed by atoms with Crippen LogP contribution in [-0.4, -0.2) is 38.0 Å². The summed E-state index contributed by atoms with van der Waals surface area (Å²) < 4.78 is 28.1. The van der Waals surface area contributed by atoms with Crippen LogP contribution in [0.25, 0.3) is 11.3 Å². The Bertz CT molecular complexity index is 1020. The molecule has 3 rings (SSSR count). The van der Waals surface area contributed by atoms with E-state index in [1.807, 2.05) is 30.3 Å². The van der Waals surface area contributed by atoms with E-state index >= 15 is 0 Å². The maximum atomic E-state index is 12.1. The number of esters is 1. The average Bonchev–Trinajstić information content (AvgIpc) is 3.05. The molecule has 0 unspecified atom stereocenters. The van der Waals surface area contributed by atoms with Crippen LogP contribution in [0.1, 0.15) is 21.6 Å². The lowest BCUT2D eigenvalue weighted by atomic mass is 9.99. The highest BCUT2D eigenvalue weighted by molar-refractivity contribution is 7.90. The van der Waals surface area contributed by atoms with E-state index in [4.69, 9.17) is 4.74 Å². The highest BCUT2D eigenvalue weighted by Gasteiger charge is 2.21. The summed E-state index contributed by atoms with van der Waals surface area (Å²) in [5.74, 6) is -0.522. The van der Waals surface area contributed by atoms with Gasteiger partial charge in [-0.15, -0.1) is 0 Å². The molecular formula is C19H18N2O4S. The van der Waals surface area contributed by atoms with E-state index in [0.29, 0.717) is 17.7 Å². The molecule has 0 radical (unpaired) electrons. The molecule has 0 saturated carbocycles. The van der Waals surface area contributed by atoms with Gasteiger partial charge in [-0.1, -0.05) is 42.5 Å². The molecule has 0 bridgehead atoms. The van der Waals surface area contributed by atoms with Crippen molar-refractivity contribution >= 4 is 15.8 Å². The number of benzene rings is 2. The average molecular weight is 370 g/mol. The Kier molecular flexibility index (Phi) is 4.90. The Labute approximate surface area is 151 Å². The van der Waals surface area contributed by atoms with Crippen LogP contribution in [0.15, 0.2) is 59.5 Å². The van der Waals surface area contributed by atoms with Crippen molar-refractivity contribution in [2.24, 2.45) is 0 Å². The Balaban J connectivity index is 2.07. The van der Waals surface area contributed by atoms with Crippen LogP contribution < -0.4 is 0 Å². The first-order chi connectivity index (χ1) is 12.4. The Morgan fingerprint density at radius 2 is 1.73 bits per heavy atom. The minimum absolute atomic E-state index is 0.221. The minimum Gasteiger partial charge on any atom is -0.464 e. The fourth-order valence-electron chi connectivity index (χ4n) is 2.71. The second kappa shape index (κ2) is 7.13. The van der Waals surface area contributed by atoms with Gasteiger partial charge < -0.3 is 4.74 Å². The van der Waals surface area contributed by atoms with Gasteiger partial charge in [-0.3, -0.25) is 5.10 Å². The summed E-state index contributed by atoms with van der Waals surface area (Å²) in [6.07, 6.45) is 1.65. The predicted molar refractivity (Wildman–Crippen MR) is 97.7 cm³/mol. The van der Waals surface area contributed by atoms with Gasteiger partial charge in [-0.05, 0) is 23.3 Å². The van der Waals surface area contributed by atoms with E-state index in [0.717, 1.165) is 17.4 Å². The molecule has 3 aromatic rings. The Hall–Kier alpha value is -2.93. The van der Waals surface area contributed by atoms with Gasteiger partial charge in [0, 0.05) is 18.2 Å². The summed E-state index contributed by atoms with van der Waals surface area (Å²) in [5, 5.41) is 7.00. The van der Waals surface area contributed by atoms with Crippen LogP contribution in [0.4, 0.5) is 0 Å². The predicted octanol–water partition coefficient (Wildman–Crippen LogP) is 2.86. The molecule has 0 amide bonds. The SMILES string of the molecule is COC(=O)c1n[nH]c(-c2ccc(S(C)(=O)=O)cc2)c1Cc1ccccc1. The summed E-state index contributed by atoms with van der Waals surface area (Å²) in [6.45, 7) is 0. The van der Waals surface area contributed by atoms with Crippen LogP contribution in [0, 0.1) is 0 Å². The van der Waals surface area contributed by atoms with Crippen molar-refractivity contribution in [2.45, 2.75) is 11.3 Å². The normalized spacial score (nSPS) is 11.3. The third-order valence-corrected chi connectivity index (χ3v) is 5.17. The molecule has 0 saturated heterocycles. The second-order valence-corrected chi connectivity index (χ2v) is 7.89. The molecule has 0 aliphatic heterocycles. The van der Waals surface area contributed by atoms with Crippen LogP contribution in [0.5, 0.6) is 0 Å². The zero-order chi connectivity index (χ0) is 18.7. The topological polar surface area (TPSA) is 89.1 Å². The molecule has 0 fully saturated rings. The highest BCUT2D eigenvalue weighted by Crippen LogP contribution is 2.27. The van der Waals surface area contributed by atoms with Crippen molar-refractivity contribution in [1.82, 2.24) is 10.2 Å². The van der Waals surface area contributed by atoms with Crippen LogP contribution in [-0.2, 0) is 21.0 Å². The van der Waals surface area contributed by atoms with Gasteiger partial charge in [0.25, 0.3) is 0 Å². The van der Waals surface area contributed by atoms with Crippen LogP contribution >= 0.6 is 0 Å². The lowest BCUT2D eigenvalue weighted by molar-refractivity contribution is 0.0593. The number of carbonyl (C=O) groups is 1. The van der Waals surface area contributed by atoms with E-state index in [2.05, 4.69) is 10.2 Å². The molecule has 2 aromatic carbocycles. The quantitative estimate of drug-likeness (QED) is 0.698. The standard InChI is InChI=1S/C19H18N2O4S/c1-25-19(22)18-16(12-13-6-4-3-5-7-13)17(20-21-18)14-8-10-15(11-9-14)26(2,23)24/h3-11H,12H2,1-2H3,(H,20,21). The maximum absolute atomic E-state index is 12.1. The van der Waals surface area contributed by atoms with Crippen molar-refractivity contribution in [2.75, 3.05) is 13.4 Å². The number of carbonyl (C=O) groups excluding carboxylic acids is 1. The van der Waals surface area contributed by atoms with Crippen LogP contribution in [0.2, 0.25) is 0 Å². The summed E-state index contributed by atoms with van der Waals surface area (Å²) in [7, 11) is -1.96. The van der Waals surface area contributed by atoms with Gasteiger partial charge >= 0.3 is 5.97 Å². The monoisotopic (exact) mass is 370 g/mol. The Morgan fingerprint density at radius 3 is 2.31 bits per heavy atom. The number of aromatic nitrogens is 2. The number of ether oxygens (including phenoxy) is 1. The third kappa shape index (κ3) is 3.67. The lowest BCUT2D eigenvalue weighted by Crippen LogP contribution is -2.06. The first kappa shape index (κ1) is 17.9. The Morgan fingerprint density at radius 1 is 1.08 bits per heavy atom. The zero-order valence-electron chi connectivity index (χ0n) is 14.4. The van der Waals surface area contributed by atoms with E-state index in [1.54, 1.807) is 12.1 Å². The van der Waals surface area contributed by atoms with Gasteiger partial charge in [0.2, 0.25) is 0 Å². The van der Waals surface area contributed by atoms with Crippen molar-refractivity contribution < 1.29 is 17.9 Å². The first-order valence-corrected chi connectivity index (χ1v) is 9.79. The van der Waals surface area contributed by atoms with Crippen molar-refractivity contribution in [1.29, 1.82) is 0 Å². The van der Waals surface area contributed by atoms with Gasteiger partial charge in [0.15, 0.2) is 15.5 Å². The second-order valence-electron chi connectivity index (χ2n) is 5.88. The number of methoxy groups -OCH3 is 1. The number of sulfone groups is 1. The molecule has 7 heteroatoms. The third-order valence-electron chi connectivity index (χ3n) is 4.04. The molecule has 134 valence electrons. The summed E-state index contributed by atoms with van der Waals surface area (Å²) >= 11 is 0. The number of nitrogens with one attached hydrogen (secondary N) is 1. The molecule has 0 spiro atoms. The number of rotatable bonds is 5. The van der Waals surface area contributed by atoms with E-state index < -0.39 is 15.8 Å². The maximum Gasteiger partial charge on any atom is 0.358 e. The van der Waals surface area contributed by atoms with E-state index in [1.165, 1.54) is 19.2 Å². The smallest absolute Gasteiger partial charge is 0.358 e. The van der Waals surface area contributed by atoms with Crippen molar-refractivity contribution in [3.8, 4) is 11.3 Å². The molecule has 0 aliphatic carbocycles. The van der Waals surface area contributed by atoms with E-state index in [-0.39, 0.29) is 10.6 Å². The molecule has 0 atom stereocenters. The zero-order valence-corrected chi connectivity index (χ0v) is 15.2. The largest absolute Gasteiger partial charge is 0.464 e. The number of nitrogens with zero attached hydrogens (tertiary/aromatic N) is 1. The summed E-state index contributed by atoms with van der Waals surface area (Å²) in [6, 6.07) is 16.2. The number of hydrogen-bond acceptors (Lipinski definition) is 5. The molecule has 6 nitrogen and oxygen atoms in total. The summed E-state index contributed by atoms with van der Waals surface area (Å²) in [5.41, 5.74) is 3.35. The molecular weight excluding hydrogens is 352 g/mol. The fraction of sp³-hybridized carbons (Fsp3) is 0.158. The number of hydrogen-bond donors (Lipinski definition) is 1. The van der Waals surface area contributed by atoms with Gasteiger partial charge in [0.05, 0.1) is 17.7 Å². The number of H-pyrrole nitrogens is 1. The summed E-state index contributed by atoms with van der Waals surface area (Å²) in [4.78, 5) is 12.3. The molecule has 1 aromatic heterocycles. The fourth-order valence-corrected chi connectivity index (χ4v) is 3.34. The molecule has 0 aliphatic rings. The van der Waals surface area contributed by atoms with Gasteiger partial charge in [-0.25, -0.2) is 13.2 Å². The van der Waals surface area contributed by atoms with Gasteiger partial charge in [0.1, 0.15) is 0 Å². The molecule has 1 N–H and O–H groups in total.